The average molecular weight is 283 g/mol. The van der Waals surface area contributed by atoms with E-state index in [0.29, 0.717) is 17.2 Å². The van der Waals surface area contributed by atoms with Crippen LogP contribution in [0.1, 0.15) is 28.9 Å². The van der Waals surface area contributed by atoms with Crippen molar-refractivity contribution in [2.75, 3.05) is 13.7 Å². The molecule has 1 atom stereocenters. The summed E-state index contributed by atoms with van der Waals surface area (Å²) in [6, 6.07) is 1.43. The third-order valence-corrected chi connectivity index (χ3v) is 4.15. The van der Waals surface area contributed by atoms with Crippen LogP contribution in [0.3, 0.4) is 0 Å². The molecule has 7 heteroatoms. The number of ether oxygens (including phenoxy) is 1. The van der Waals surface area contributed by atoms with Gasteiger partial charge in [-0.1, -0.05) is 5.16 Å². The molecular formula is C12H17N3O3S. The van der Waals surface area contributed by atoms with Crippen molar-refractivity contribution in [3.8, 4) is 5.75 Å². The fraction of sp³-hybridized carbons (Fsp3) is 0.500. The van der Waals surface area contributed by atoms with Gasteiger partial charge in [0, 0.05) is 6.54 Å². The number of piperidine rings is 1. The smallest absolute Gasteiger partial charge is 0.268 e. The van der Waals surface area contributed by atoms with Gasteiger partial charge in [0.25, 0.3) is 5.91 Å². The lowest BCUT2D eigenvalue weighted by molar-refractivity contribution is 0.0678. The van der Waals surface area contributed by atoms with Crippen molar-refractivity contribution < 1.29 is 14.7 Å². The predicted molar refractivity (Wildman–Crippen MR) is 73.0 cm³/mol. The number of thiophene rings is 1. The number of methoxy groups -OCH3 is 1. The molecule has 3 N–H and O–H groups in total. The van der Waals surface area contributed by atoms with Crippen molar-refractivity contribution in [3.63, 3.8) is 0 Å². The number of nitrogens with two attached hydrogens (primary N) is 1. The number of rotatable bonds is 3. The third-order valence-electron chi connectivity index (χ3n) is 3.26. The minimum atomic E-state index is -0.335. The number of carbonyl (C=O) groups is 1. The molecule has 1 aromatic heterocycles. The van der Waals surface area contributed by atoms with Gasteiger partial charge in [-0.3, -0.25) is 4.79 Å². The van der Waals surface area contributed by atoms with Gasteiger partial charge < -0.3 is 20.6 Å². The molecule has 6 nitrogen and oxygen atoms in total. The lowest BCUT2D eigenvalue weighted by Gasteiger charge is -2.34. The number of hydrogen-bond donors (Lipinski definition) is 2. The lowest BCUT2D eigenvalue weighted by atomic mass is 10.0. The van der Waals surface area contributed by atoms with Crippen molar-refractivity contribution in [1.29, 1.82) is 0 Å². The third kappa shape index (κ3) is 2.65. The van der Waals surface area contributed by atoms with E-state index in [4.69, 9.17) is 15.7 Å². The number of nitrogens with zero attached hydrogens (tertiary/aromatic N) is 2. The second kappa shape index (κ2) is 5.92. The normalized spacial score (nSPS) is 20.4. The van der Waals surface area contributed by atoms with Crippen LogP contribution in [0.15, 0.2) is 16.6 Å². The zero-order chi connectivity index (χ0) is 13.8. The van der Waals surface area contributed by atoms with Crippen LogP contribution in [0.4, 0.5) is 0 Å². The Kier molecular flexibility index (Phi) is 4.26. The minimum Gasteiger partial charge on any atom is -0.495 e. The van der Waals surface area contributed by atoms with Crippen molar-refractivity contribution in [2.45, 2.75) is 25.3 Å². The number of hydrogen-bond acceptors (Lipinski definition) is 5. The van der Waals surface area contributed by atoms with Crippen LogP contribution in [-0.4, -0.2) is 41.5 Å². The molecule has 1 unspecified atom stereocenters. The highest BCUT2D eigenvalue weighted by atomic mass is 32.1. The Balaban J connectivity index is 2.25. The van der Waals surface area contributed by atoms with Gasteiger partial charge >= 0.3 is 0 Å². The summed E-state index contributed by atoms with van der Waals surface area (Å²) in [5, 5.41) is 13.7. The van der Waals surface area contributed by atoms with Gasteiger partial charge in [-0.25, -0.2) is 0 Å². The van der Waals surface area contributed by atoms with E-state index in [0.717, 1.165) is 19.3 Å². The van der Waals surface area contributed by atoms with Gasteiger partial charge in [0.15, 0.2) is 5.84 Å². The van der Waals surface area contributed by atoms with E-state index in [1.165, 1.54) is 18.4 Å². The van der Waals surface area contributed by atoms with E-state index >= 15 is 0 Å². The van der Waals surface area contributed by atoms with Crippen LogP contribution < -0.4 is 10.5 Å². The molecule has 1 fully saturated rings. The fourth-order valence-electron chi connectivity index (χ4n) is 2.29. The molecule has 2 heterocycles. The van der Waals surface area contributed by atoms with Crippen LogP contribution in [0.2, 0.25) is 0 Å². The summed E-state index contributed by atoms with van der Waals surface area (Å²) in [7, 11) is 1.54. The van der Waals surface area contributed by atoms with Crippen LogP contribution in [0.5, 0.6) is 5.75 Å². The molecule has 104 valence electrons. The quantitative estimate of drug-likeness (QED) is 0.381. The number of amidine groups is 1. The van der Waals surface area contributed by atoms with Crippen molar-refractivity contribution in [2.24, 2.45) is 10.9 Å². The molecule has 0 saturated carbocycles. The zero-order valence-corrected chi connectivity index (χ0v) is 11.5. The second-order valence-corrected chi connectivity index (χ2v) is 5.27. The fourth-order valence-corrected chi connectivity index (χ4v) is 3.11. The van der Waals surface area contributed by atoms with Gasteiger partial charge in [-0.05, 0) is 30.7 Å². The largest absolute Gasteiger partial charge is 0.495 e. The maximum absolute atomic E-state index is 12.5. The standard InChI is InChI=1S/C12H17N3O3S/c1-18-9-5-7-19-10(9)12(16)15-6-3-2-4-8(15)11(13)14-17/h5,7-8,17H,2-4,6H2,1H3,(H2,13,14). The Morgan fingerprint density at radius 3 is 3.11 bits per heavy atom. The number of amides is 1. The van der Waals surface area contributed by atoms with Crippen molar-refractivity contribution in [1.82, 2.24) is 4.90 Å². The predicted octanol–water partition coefficient (Wildman–Crippen LogP) is 1.50. The van der Waals surface area contributed by atoms with Crippen LogP contribution in [-0.2, 0) is 0 Å². The monoisotopic (exact) mass is 283 g/mol. The number of likely N-dealkylation sites (tertiary alicyclic amines) is 1. The molecule has 0 aromatic carbocycles. The first-order valence-electron chi connectivity index (χ1n) is 6.09. The Labute approximate surface area is 115 Å². The van der Waals surface area contributed by atoms with Crippen molar-refractivity contribution in [3.05, 3.63) is 16.3 Å². The highest BCUT2D eigenvalue weighted by Gasteiger charge is 2.32. The highest BCUT2D eigenvalue weighted by Crippen LogP contribution is 2.28. The van der Waals surface area contributed by atoms with E-state index in [1.807, 2.05) is 5.38 Å². The van der Waals surface area contributed by atoms with Crippen LogP contribution in [0.25, 0.3) is 0 Å². The van der Waals surface area contributed by atoms with Crippen LogP contribution >= 0.6 is 11.3 Å². The molecule has 0 radical (unpaired) electrons. The molecule has 0 spiro atoms. The van der Waals surface area contributed by atoms with Gasteiger partial charge in [-0.2, -0.15) is 0 Å². The summed E-state index contributed by atoms with van der Waals surface area (Å²) >= 11 is 1.34. The molecule has 1 aliphatic heterocycles. The first-order valence-corrected chi connectivity index (χ1v) is 6.97. The second-order valence-electron chi connectivity index (χ2n) is 4.35. The molecule has 2 rings (SSSR count). The molecule has 0 bridgehead atoms. The maximum atomic E-state index is 12.5. The number of oxime groups is 1. The van der Waals surface area contributed by atoms with Gasteiger partial charge in [0.2, 0.25) is 0 Å². The Morgan fingerprint density at radius 2 is 2.42 bits per heavy atom. The summed E-state index contributed by atoms with van der Waals surface area (Å²) in [6.45, 7) is 0.612. The highest BCUT2D eigenvalue weighted by molar-refractivity contribution is 7.12. The lowest BCUT2D eigenvalue weighted by Crippen LogP contribution is -2.50. The van der Waals surface area contributed by atoms with E-state index in [-0.39, 0.29) is 17.8 Å². The first-order chi connectivity index (χ1) is 9.19. The SMILES string of the molecule is COc1ccsc1C(=O)N1CCCCC1/C(N)=N/O. The summed E-state index contributed by atoms with van der Waals surface area (Å²) < 4.78 is 5.17. The summed E-state index contributed by atoms with van der Waals surface area (Å²) in [6.07, 6.45) is 2.61. The van der Waals surface area contributed by atoms with E-state index in [2.05, 4.69) is 5.16 Å². The number of carbonyl (C=O) groups excluding carboxylic acids is 1. The molecule has 0 aliphatic carbocycles. The zero-order valence-electron chi connectivity index (χ0n) is 10.7. The van der Waals surface area contributed by atoms with Gasteiger partial charge in [0.1, 0.15) is 10.6 Å². The van der Waals surface area contributed by atoms with Gasteiger partial charge in [0.05, 0.1) is 13.2 Å². The topological polar surface area (TPSA) is 88.2 Å². The summed E-state index contributed by atoms with van der Waals surface area (Å²) in [5.74, 6) is 0.533. The first kappa shape index (κ1) is 13.7. The Hall–Kier alpha value is -1.76. The van der Waals surface area contributed by atoms with Crippen molar-refractivity contribution >= 4 is 23.1 Å². The van der Waals surface area contributed by atoms with Crippen LogP contribution in [0, 0.1) is 0 Å². The molecule has 19 heavy (non-hydrogen) atoms. The van der Waals surface area contributed by atoms with Gasteiger partial charge in [-0.15, -0.1) is 11.3 Å². The van der Waals surface area contributed by atoms with E-state index < -0.39 is 0 Å². The Morgan fingerprint density at radius 1 is 1.63 bits per heavy atom. The summed E-state index contributed by atoms with van der Waals surface area (Å²) in [4.78, 5) is 14.8. The van der Waals surface area contributed by atoms with E-state index in [9.17, 15) is 4.79 Å². The molecule has 1 saturated heterocycles. The maximum Gasteiger partial charge on any atom is 0.268 e. The summed E-state index contributed by atoms with van der Waals surface area (Å²) in [5.41, 5.74) is 5.68. The molecular weight excluding hydrogens is 266 g/mol. The van der Waals surface area contributed by atoms with E-state index in [1.54, 1.807) is 11.0 Å². The molecule has 1 aliphatic rings. The molecule has 1 aromatic rings. The average Bonchev–Trinajstić information content (AvgIpc) is 2.94. The molecule has 1 amide bonds. The Bertz CT molecular complexity index is 486. The minimum absolute atomic E-state index is 0.0866.